The molecule has 0 amide bonds. The lowest BCUT2D eigenvalue weighted by atomic mass is 10.1. The van der Waals surface area contributed by atoms with Gasteiger partial charge in [0.1, 0.15) is 0 Å². The quantitative estimate of drug-likeness (QED) is 0.878. The number of carbonyl (C=O) groups is 1. The first kappa shape index (κ1) is 14.4. The molecule has 2 aromatic heterocycles. The lowest BCUT2D eigenvalue weighted by Gasteiger charge is -2.15. The number of hydrogen-bond donors (Lipinski definition) is 1. The molecular weight excluding hydrogens is 282 g/mol. The molecule has 1 unspecified atom stereocenters. The number of pyridine rings is 1. The molecule has 0 bridgehead atoms. The Kier molecular flexibility index (Phi) is 4.62. The van der Waals surface area contributed by atoms with Crippen LogP contribution in [0.3, 0.4) is 0 Å². The number of halogens is 1. The molecule has 0 aliphatic rings. The van der Waals surface area contributed by atoms with E-state index >= 15 is 0 Å². The summed E-state index contributed by atoms with van der Waals surface area (Å²) in [5, 5.41) is 20.9. The number of hydrogen-bond acceptors (Lipinski definition) is 5. The molecule has 1 atom stereocenters. The predicted octanol–water partition coefficient (Wildman–Crippen LogP) is 2.20. The van der Waals surface area contributed by atoms with Crippen LogP contribution in [0.2, 0.25) is 5.02 Å². The lowest BCUT2D eigenvalue weighted by Crippen LogP contribution is -2.16. The van der Waals surface area contributed by atoms with Crippen molar-refractivity contribution in [1.29, 1.82) is 0 Å². The van der Waals surface area contributed by atoms with Gasteiger partial charge in [-0.15, -0.1) is 5.10 Å². The Bertz CT molecular complexity index is 601. The van der Waals surface area contributed by atoms with Crippen LogP contribution in [0.5, 0.6) is 0 Å². The Morgan fingerprint density at radius 1 is 1.55 bits per heavy atom. The number of aliphatic carboxylic acids is 1. The van der Waals surface area contributed by atoms with Gasteiger partial charge in [0, 0.05) is 18.0 Å². The van der Waals surface area contributed by atoms with Crippen molar-refractivity contribution in [2.24, 2.45) is 0 Å². The van der Waals surface area contributed by atoms with Gasteiger partial charge in [-0.3, -0.25) is 9.78 Å². The third-order valence-corrected chi connectivity index (χ3v) is 3.19. The fourth-order valence-electron chi connectivity index (χ4n) is 2.02. The van der Waals surface area contributed by atoms with Crippen molar-refractivity contribution in [3.8, 4) is 11.4 Å². The van der Waals surface area contributed by atoms with Crippen LogP contribution in [0.25, 0.3) is 11.4 Å². The Labute approximate surface area is 120 Å². The van der Waals surface area contributed by atoms with Gasteiger partial charge in [-0.1, -0.05) is 24.9 Å². The van der Waals surface area contributed by atoms with Gasteiger partial charge in [-0.05, 0) is 22.9 Å². The van der Waals surface area contributed by atoms with Crippen LogP contribution in [-0.4, -0.2) is 36.3 Å². The average molecular weight is 296 g/mol. The van der Waals surface area contributed by atoms with Gasteiger partial charge in [0.25, 0.3) is 0 Å². The van der Waals surface area contributed by atoms with E-state index in [0.29, 0.717) is 22.8 Å². The molecule has 0 fully saturated rings. The molecule has 2 heterocycles. The van der Waals surface area contributed by atoms with E-state index in [2.05, 4.69) is 20.5 Å². The van der Waals surface area contributed by atoms with Crippen molar-refractivity contribution >= 4 is 17.6 Å². The Morgan fingerprint density at radius 3 is 3.00 bits per heavy atom. The average Bonchev–Trinajstić information content (AvgIpc) is 2.87. The van der Waals surface area contributed by atoms with Crippen LogP contribution in [0.1, 0.15) is 32.2 Å². The molecule has 0 spiro atoms. The molecule has 0 radical (unpaired) electrons. The summed E-state index contributed by atoms with van der Waals surface area (Å²) in [4.78, 5) is 14.9. The third kappa shape index (κ3) is 3.11. The van der Waals surface area contributed by atoms with E-state index in [4.69, 9.17) is 16.7 Å². The molecular formula is C12H14ClN5O2. The summed E-state index contributed by atoms with van der Waals surface area (Å²) < 4.78 is 1.53. The smallest absolute Gasteiger partial charge is 0.305 e. The second-order valence-electron chi connectivity index (χ2n) is 4.34. The first-order valence-electron chi connectivity index (χ1n) is 6.23. The predicted molar refractivity (Wildman–Crippen MR) is 72.3 cm³/mol. The number of carboxylic acid groups (broad SMARTS) is 1. The van der Waals surface area contributed by atoms with E-state index in [1.807, 2.05) is 6.92 Å². The Hall–Kier alpha value is -2.02. The van der Waals surface area contributed by atoms with Gasteiger partial charge >= 0.3 is 5.97 Å². The molecule has 20 heavy (non-hydrogen) atoms. The zero-order valence-corrected chi connectivity index (χ0v) is 11.7. The minimum absolute atomic E-state index is 0.0332. The topological polar surface area (TPSA) is 93.8 Å². The summed E-state index contributed by atoms with van der Waals surface area (Å²) in [5.74, 6) is -0.428. The van der Waals surface area contributed by atoms with Crippen LogP contribution in [0.4, 0.5) is 0 Å². The summed E-state index contributed by atoms with van der Waals surface area (Å²) in [7, 11) is 0. The SMILES string of the molecule is CCCC(CC(=O)O)n1nnnc1-c1ccncc1Cl. The minimum atomic E-state index is -0.884. The van der Waals surface area contributed by atoms with Crippen LogP contribution in [0.15, 0.2) is 18.5 Å². The summed E-state index contributed by atoms with van der Waals surface area (Å²) in [6.45, 7) is 1.98. The highest BCUT2D eigenvalue weighted by Crippen LogP contribution is 2.28. The van der Waals surface area contributed by atoms with Gasteiger partial charge < -0.3 is 5.11 Å². The fourth-order valence-corrected chi connectivity index (χ4v) is 2.22. The standard InChI is InChI=1S/C12H14ClN5O2/c1-2-3-8(6-11(19)20)18-12(15-16-17-18)9-4-5-14-7-10(9)13/h4-5,7-8H,2-3,6H2,1H3,(H,19,20). The zero-order valence-electron chi connectivity index (χ0n) is 10.9. The number of carboxylic acids is 1. The largest absolute Gasteiger partial charge is 0.481 e. The van der Waals surface area contributed by atoms with Crippen molar-refractivity contribution < 1.29 is 9.90 Å². The number of nitrogens with zero attached hydrogens (tertiary/aromatic N) is 5. The summed E-state index contributed by atoms with van der Waals surface area (Å²) in [5.41, 5.74) is 0.637. The second kappa shape index (κ2) is 6.42. The van der Waals surface area contributed by atoms with Gasteiger partial charge in [0.15, 0.2) is 5.82 Å². The second-order valence-corrected chi connectivity index (χ2v) is 4.75. The van der Waals surface area contributed by atoms with Crippen molar-refractivity contribution in [3.63, 3.8) is 0 Å². The maximum atomic E-state index is 11.0. The zero-order chi connectivity index (χ0) is 14.5. The maximum absolute atomic E-state index is 11.0. The van der Waals surface area contributed by atoms with Crippen molar-refractivity contribution in [1.82, 2.24) is 25.2 Å². The molecule has 106 valence electrons. The van der Waals surface area contributed by atoms with Crippen molar-refractivity contribution in [2.45, 2.75) is 32.2 Å². The maximum Gasteiger partial charge on any atom is 0.305 e. The van der Waals surface area contributed by atoms with Gasteiger partial charge in [-0.2, -0.15) is 0 Å². The molecule has 8 heteroatoms. The highest BCUT2D eigenvalue weighted by molar-refractivity contribution is 6.33. The molecule has 7 nitrogen and oxygen atoms in total. The van der Waals surface area contributed by atoms with E-state index in [1.54, 1.807) is 12.3 Å². The number of aromatic nitrogens is 5. The van der Waals surface area contributed by atoms with Crippen LogP contribution >= 0.6 is 11.6 Å². The summed E-state index contributed by atoms with van der Waals surface area (Å²) in [6, 6.07) is 1.40. The van der Waals surface area contributed by atoms with Gasteiger partial charge in [-0.25, -0.2) is 4.68 Å². The Morgan fingerprint density at radius 2 is 2.35 bits per heavy atom. The molecule has 2 aromatic rings. The first-order valence-corrected chi connectivity index (χ1v) is 6.60. The molecule has 0 aliphatic carbocycles. The van der Waals surface area contributed by atoms with Crippen molar-refractivity contribution in [3.05, 3.63) is 23.5 Å². The van der Waals surface area contributed by atoms with E-state index in [9.17, 15) is 4.79 Å². The van der Waals surface area contributed by atoms with Crippen LogP contribution in [0, 0.1) is 0 Å². The third-order valence-electron chi connectivity index (χ3n) is 2.88. The highest BCUT2D eigenvalue weighted by Gasteiger charge is 2.21. The Balaban J connectivity index is 2.40. The fraction of sp³-hybridized carbons (Fsp3) is 0.417. The number of rotatable bonds is 6. The molecule has 0 saturated carbocycles. The number of tetrazole rings is 1. The monoisotopic (exact) mass is 295 g/mol. The van der Waals surface area contributed by atoms with Crippen molar-refractivity contribution in [2.75, 3.05) is 0 Å². The molecule has 2 rings (SSSR count). The van der Waals surface area contributed by atoms with E-state index in [1.165, 1.54) is 10.9 Å². The summed E-state index contributed by atoms with van der Waals surface area (Å²) >= 11 is 6.09. The van der Waals surface area contributed by atoms with Gasteiger partial charge in [0.2, 0.25) is 0 Å². The molecule has 0 aliphatic heterocycles. The van der Waals surface area contributed by atoms with Crippen LogP contribution in [-0.2, 0) is 4.79 Å². The normalized spacial score (nSPS) is 12.3. The molecule has 0 aromatic carbocycles. The van der Waals surface area contributed by atoms with Gasteiger partial charge in [0.05, 0.1) is 17.5 Å². The minimum Gasteiger partial charge on any atom is -0.481 e. The van der Waals surface area contributed by atoms with Crippen LogP contribution < -0.4 is 0 Å². The lowest BCUT2D eigenvalue weighted by molar-refractivity contribution is -0.138. The van der Waals surface area contributed by atoms with E-state index < -0.39 is 5.97 Å². The van der Waals surface area contributed by atoms with E-state index in [0.717, 1.165) is 6.42 Å². The molecule has 0 saturated heterocycles. The first-order chi connectivity index (χ1) is 9.63. The summed E-state index contributed by atoms with van der Waals surface area (Å²) in [6.07, 6.45) is 4.57. The molecule has 1 N–H and O–H groups in total. The van der Waals surface area contributed by atoms with E-state index in [-0.39, 0.29) is 12.5 Å². The highest BCUT2D eigenvalue weighted by atomic mass is 35.5.